The lowest BCUT2D eigenvalue weighted by Crippen LogP contribution is -2.36. The van der Waals surface area contributed by atoms with Gasteiger partial charge in [0.2, 0.25) is 0 Å². The van der Waals surface area contributed by atoms with Crippen LogP contribution in [0, 0.1) is 6.92 Å². The second-order valence-corrected chi connectivity index (χ2v) is 8.09. The molecule has 0 radical (unpaired) electrons. The summed E-state index contributed by atoms with van der Waals surface area (Å²) in [6.45, 7) is 4.37. The van der Waals surface area contributed by atoms with Crippen molar-refractivity contribution in [2.75, 3.05) is 25.1 Å². The van der Waals surface area contributed by atoms with Crippen molar-refractivity contribution in [1.82, 2.24) is 4.90 Å². The Morgan fingerprint density at radius 2 is 1.66 bits per heavy atom. The number of hydrogen-bond acceptors (Lipinski definition) is 8. The number of nitrogens with zero attached hydrogens (tertiary/aromatic N) is 1. The molecule has 0 saturated heterocycles. The number of hydrogen-bond donors (Lipinski definition) is 1. The first-order valence-corrected chi connectivity index (χ1v) is 10.8. The molecule has 0 fully saturated rings. The Kier molecular flexibility index (Phi) is 7.04. The number of anilines is 1. The predicted octanol–water partition coefficient (Wildman–Crippen LogP) is 2.57. The molecule has 3 rings (SSSR count). The summed E-state index contributed by atoms with van der Waals surface area (Å²) in [5, 5.41) is 2.90. The number of rotatable bonds is 8. The number of imide groups is 1. The summed E-state index contributed by atoms with van der Waals surface area (Å²) in [6.07, 6.45) is 0.585. The van der Waals surface area contributed by atoms with E-state index in [-0.39, 0.29) is 17.7 Å². The normalized spacial score (nSPS) is 12.5. The molecular formula is C22H22N2O7S. The highest BCUT2D eigenvalue weighted by Crippen LogP contribution is 2.34. The third-order valence-corrected chi connectivity index (χ3v) is 5.89. The summed E-state index contributed by atoms with van der Waals surface area (Å²) < 4.78 is 10.0. The van der Waals surface area contributed by atoms with Gasteiger partial charge in [0, 0.05) is 4.88 Å². The number of ether oxygens (including phenoxy) is 2. The molecule has 0 atom stereocenters. The largest absolute Gasteiger partial charge is 0.462 e. The molecule has 9 nitrogen and oxygen atoms in total. The molecule has 3 amide bonds. The number of thiophene rings is 1. The monoisotopic (exact) mass is 458 g/mol. The summed E-state index contributed by atoms with van der Waals surface area (Å²) in [7, 11) is 0. The van der Waals surface area contributed by atoms with Crippen LogP contribution in [-0.2, 0) is 25.5 Å². The van der Waals surface area contributed by atoms with Crippen LogP contribution in [0.3, 0.4) is 0 Å². The highest BCUT2D eigenvalue weighted by atomic mass is 32.1. The quantitative estimate of drug-likeness (QED) is 0.477. The first-order valence-electron chi connectivity index (χ1n) is 9.98. The average molecular weight is 458 g/mol. The molecule has 1 aromatic heterocycles. The lowest BCUT2D eigenvalue weighted by atomic mass is 10.1. The van der Waals surface area contributed by atoms with E-state index in [2.05, 4.69) is 5.32 Å². The highest BCUT2D eigenvalue weighted by Gasteiger charge is 2.36. The number of amides is 3. The Labute approximate surface area is 188 Å². The third kappa shape index (κ3) is 4.54. The minimum absolute atomic E-state index is 0.194. The van der Waals surface area contributed by atoms with E-state index in [1.165, 1.54) is 23.5 Å². The molecule has 1 aromatic carbocycles. The molecule has 0 unspecified atom stereocenters. The minimum Gasteiger partial charge on any atom is -0.462 e. The van der Waals surface area contributed by atoms with E-state index in [0.717, 1.165) is 15.3 Å². The van der Waals surface area contributed by atoms with Crippen molar-refractivity contribution in [3.8, 4) is 0 Å². The Hall–Kier alpha value is -3.53. The summed E-state index contributed by atoms with van der Waals surface area (Å²) in [4.78, 5) is 63.1. The van der Waals surface area contributed by atoms with E-state index in [0.29, 0.717) is 17.0 Å². The number of aryl methyl sites for hydroxylation is 1. The number of esters is 2. The van der Waals surface area contributed by atoms with Gasteiger partial charge in [-0.25, -0.2) is 4.79 Å². The van der Waals surface area contributed by atoms with Gasteiger partial charge in [0.1, 0.15) is 11.5 Å². The van der Waals surface area contributed by atoms with Gasteiger partial charge >= 0.3 is 11.9 Å². The second-order valence-electron chi connectivity index (χ2n) is 6.87. The van der Waals surface area contributed by atoms with Gasteiger partial charge in [-0.2, -0.15) is 0 Å². The molecule has 0 spiro atoms. The van der Waals surface area contributed by atoms with E-state index in [1.807, 2.05) is 13.8 Å². The van der Waals surface area contributed by atoms with Crippen LogP contribution in [0.1, 0.15) is 55.4 Å². The van der Waals surface area contributed by atoms with Crippen LogP contribution >= 0.6 is 11.3 Å². The molecule has 0 bridgehead atoms. The maximum Gasteiger partial charge on any atom is 0.341 e. The molecule has 2 aromatic rings. The summed E-state index contributed by atoms with van der Waals surface area (Å²) in [5.41, 5.74) is 1.51. The Morgan fingerprint density at radius 3 is 2.22 bits per heavy atom. The SMILES string of the molecule is CCOC(=O)c1c(NC(=O)COC(=O)CN2C(=O)c3ccccc3C2=O)sc(C)c1CC. The highest BCUT2D eigenvalue weighted by molar-refractivity contribution is 7.16. The number of benzene rings is 1. The van der Waals surface area contributed by atoms with Crippen LogP contribution in [0.2, 0.25) is 0 Å². The molecule has 0 saturated carbocycles. The van der Waals surface area contributed by atoms with Gasteiger partial charge in [-0.15, -0.1) is 11.3 Å². The zero-order chi connectivity index (χ0) is 23.4. The lowest BCUT2D eigenvalue weighted by molar-refractivity contribution is -0.147. The molecular weight excluding hydrogens is 436 g/mol. The zero-order valence-corrected chi connectivity index (χ0v) is 18.7. The van der Waals surface area contributed by atoms with E-state index < -0.39 is 42.8 Å². The Morgan fingerprint density at radius 1 is 1.03 bits per heavy atom. The average Bonchev–Trinajstić information content (AvgIpc) is 3.21. The number of fused-ring (bicyclic) bond motifs is 1. The fraction of sp³-hybridized carbons (Fsp3) is 0.318. The van der Waals surface area contributed by atoms with E-state index >= 15 is 0 Å². The molecule has 1 N–H and O–H groups in total. The van der Waals surface area contributed by atoms with Crippen LogP contribution in [0.25, 0.3) is 0 Å². The molecule has 2 heterocycles. The minimum atomic E-state index is -0.906. The molecule has 1 aliphatic rings. The van der Waals surface area contributed by atoms with Crippen LogP contribution in [0.15, 0.2) is 24.3 Å². The second kappa shape index (κ2) is 9.73. The lowest BCUT2D eigenvalue weighted by Gasteiger charge is -2.13. The predicted molar refractivity (Wildman–Crippen MR) is 116 cm³/mol. The summed E-state index contributed by atoms with van der Waals surface area (Å²) in [6, 6.07) is 6.25. The van der Waals surface area contributed by atoms with E-state index in [1.54, 1.807) is 19.1 Å². The Balaban J connectivity index is 1.60. The van der Waals surface area contributed by atoms with Crippen LogP contribution in [-0.4, -0.2) is 54.3 Å². The van der Waals surface area contributed by atoms with Crippen LogP contribution in [0.4, 0.5) is 5.00 Å². The first kappa shape index (κ1) is 23.1. The topological polar surface area (TPSA) is 119 Å². The first-order chi connectivity index (χ1) is 15.3. The number of nitrogens with one attached hydrogen (secondary N) is 1. The van der Waals surface area contributed by atoms with Gasteiger partial charge in [-0.05, 0) is 38.0 Å². The molecule has 0 aliphatic carbocycles. The van der Waals surface area contributed by atoms with Crippen LogP contribution < -0.4 is 5.32 Å². The maximum absolute atomic E-state index is 12.3. The van der Waals surface area contributed by atoms with Crippen LogP contribution in [0.5, 0.6) is 0 Å². The summed E-state index contributed by atoms with van der Waals surface area (Å²) >= 11 is 1.23. The molecule has 32 heavy (non-hydrogen) atoms. The molecule has 168 valence electrons. The third-order valence-electron chi connectivity index (χ3n) is 4.82. The van der Waals surface area contributed by atoms with Gasteiger partial charge in [0.15, 0.2) is 6.61 Å². The van der Waals surface area contributed by atoms with Gasteiger partial charge in [0.05, 0.1) is 23.3 Å². The van der Waals surface area contributed by atoms with Crippen molar-refractivity contribution in [2.24, 2.45) is 0 Å². The van der Waals surface area contributed by atoms with Gasteiger partial charge in [0.25, 0.3) is 17.7 Å². The van der Waals surface area contributed by atoms with Crippen molar-refractivity contribution in [3.63, 3.8) is 0 Å². The van der Waals surface area contributed by atoms with Crippen molar-refractivity contribution < 1.29 is 33.4 Å². The number of carbonyl (C=O) groups is 5. The van der Waals surface area contributed by atoms with E-state index in [9.17, 15) is 24.0 Å². The van der Waals surface area contributed by atoms with Gasteiger partial charge in [-0.1, -0.05) is 19.1 Å². The van der Waals surface area contributed by atoms with E-state index in [4.69, 9.17) is 9.47 Å². The standard InChI is InChI=1S/C22H22N2O7S/c1-4-13-12(3)32-19(18(13)22(29)30-5-2)23-16(25)11-31-17(26)10-24-20(27)14-8-6-7-9-15(14)21(24)28/h6-9H,4-5,10-11H2,1-3H3,(H,23,25). The van der Waals surface area contributed by atoms with Crippen molar-refractivity contribution >= 4 is 46.0 Å². The van der Waals surface area contributed by atoms with Crippen molar-refractivity contribution in [2.45, 2.75) is 27.2 Å². The number of carbonyl (C=O) groups excluding carboxylic acids is 5. The van der Waals surface area contributed by atoms with Crippen molar-refractivity contribution in [3.05, 3.63) is 51.4 Å². The fourth-order valence-corrected chi connectivity index (χ4v) is 4.53. The molecule has 10 heteroatoms. The summed E-state index contributed by atoms with van der Waals surface area (Å²) in [5.74, 6) is -3.28. The van der Waals surface area contributed by atoms with Crippen molar-refractivity contribution in [1.29, 1.82) is 0 Å². The maximum atomic E-state index is 12.3. The zero-order valence-electron chi connectivity index (χ0n) is 17.9. The Bertz CT molecular complexity index is 1070. The van der Waals surface area contributed by atoms with Gasteiger partial charge in [-0.3, -0.25) is 24.1 Å². The smallest absolute Gasteiger partial charge is 0.341 e. The fourth-order valence-electron chi connectivity index (χ4n) is 3.38. The van der Waals surface area contributed by atoms with Gasteiger partial charge < -0.3 is 14.8 Å². The molecule has 1 aliphatic heterocycles.